The van der Waals surface area contributed by atoms with Gasteiger partial charge in [-0.2, -0.15) is 0 Å². The van der Waals surface area contributed by atoms with E-state index in [1.165, 1.54) is 35.2 Å². The van der Waals surface area contributed by atoms with Crippen LogP contribution in [0, 0.1) is 0 Å². The summed E-state index contributed by atoms with van der Waals surface area (Å²) in [5.74, 6) is 2.48. The predicted molar refractivity (Wildman–Crippen MR) is 93.5 cm³/mol. The van der Waals surface area contributed by atoms with Crippen LogP contribution in [0.15, 0.2) is 60.8 Å². The molecule has 2 aliphatic rings. The molecule has 0 spiro atoms. The molecule has 5 rings (SSSR count). The van der Waals surface area contributed by atoms with Crippen molar-refractivity contribution in [2.75, 3.05) is 6.79 Å². The minimum atomic E-state index is 0.320. The van der Waals surface area contributed by atoms with Gasteiger partial charge in [-0.25, -0.2) is 0 Å². The molecule has 3 nitrogen and oxygen atoms in total. The van der Waals surface area contributed by atoms with Crippen molar-refractivity contribution in [2.45, 2.75) is 25.3 Å². The number of nitrogens with zero attached hydrogens (tertiary/aromatic N) is 1. The van der Waals surface area contributed by atoms with Crippen LogP contribution in [0.2, 0.25) is 0 Å². The van der Waals surface area contributed by atoms with E-state index in [1.807, 2.05) is 6.07 Å². The Balaban J connectivity index is 1.42. The van der Waals surface area contributed by atoms with Crippen LogP contribution < -0.4 is 9.47 Å². The highest BCUT2D eigenvalue weighted by Crippen LogP contribution is 2.40. The van der Waals surface area contributed by atoms with Crippen molar-refractivity contribution < 1.29 is 9.47 Å². The first-order valence-electron chi connectivity index (χ1n) is 8.51. The van der Waals surface area contributed by atoms with E-state index >= 15 is 0 Å². The van der Waals surface area contributed by atoms with Gasteiger partial charge < -0.3 is 14.0 Å². The maximum absolute atomic E-state index is 5.48. The second-order valence-corrected chi connectivity index (χ2v) is 6.61. The van der Waals surface area contributed by atoms with Gasteiger partial charge in [-0.05, 0) is 59.7 Å². The quantitative estimate of drug-likeness (QED) is 0.689. The Morgan fingerprint density at radius 1 is 0.917 bits per heavy atom. The van der Waals surface area contributed by atoms with Gasteiger partial charge in [0.2, 0.25) is 6.79 Å². The average Bonchev–Trinajstić information content (AvgIpc) is 3.19. The summed E-state index contributed by atoms with van der Waals surface area (Å²) >= 11 is 0. The maximum Gasteiger partial charge on any atom is 0.231 e. The first-order valence-corrected chi connectivity index (χ1v) is 8.51. The van der Waals surface area contributed by atoms with Crippen molar-refractivity contribution in [3.8, 4) is 22.8 Å². The summed E-state index contributed by atoms with van der Waals surface area (Å²) in [6.07, 6.45) is 4.83. The normalized spacial score (nSPS) is 15.7. The van der Waals surface area contributed by atoms with Crippen LogP contribution in [0.1, 0.15) is 29.9 Å². The molecule has 0 N–H and O–H groups in total. The van der Waals surface area contributed by atoms with E-state index in [-0.39, 0.29) is 0 Å². The lowest BCUT2D eigenvalue weighted by atomic mass is 10.1. The Morgan fingerprint density at radius 3 is 2.58 bits per heavy atom. The molecule has 2 heterocycles. The van der Waals surface area contributed by atoms with Gasteiger partial charge in [0, 0.05) is 18.4 Å². The highest BCUT2D eigenvalue weighted by atomic mass is 16.7. The molecule has 0 atom stereocenters. The van der Waals surface area contributed by atoms with E-state index in [1.54, 1.807) is 0 Å². The molecule has 0 bridgehead atoms. The number of rotatable bonds is 4. The lowest BCUT2D eigenvalue weighted by Gasteiger charge is -2.11. The number of aromatic nitrogens is 1. The third-order valence-electron chi connectivity index (χ3n) is 4.87. The molecule has 3 aromatic rings. The zero-order valence-electron chi connectivity index (χ0n) is 13.4. The third kappa shape index (κ3) is 2.46. The second-order valence-electron chi connectivity index (χ2n) is 6.61. The van der Waals surface area contributed by atoms with E-state index in [9.17, 15) is 0 Å². The number of benzene rings is 2. The van der Waals surface area contributed by atoms with Crippen molar-refractivity contribution >= 4 is 0 Å². The monoisotopic (exact) mass is 317 g/mol. The molecular formula is C21H19NO2. The molecular weight excluding hydrogens is 298 g/mol. The van der Waals surface area contributed by atoms with Gasteiger partial charge in [-0.15, -0.1) is 0 Å². The van der Waals surface area contributed by atoms with Gasteiger partial charge in [-0.3, -0.25) is 0 Å². The highest BCUT2D eigenvalue weighted by molar-refractivity contribution is 5.61. The molecule has 1 saturated carbocycles. The Morgan fingerprint density at radius 2 is 1.75 bits per heavy atom. The van der Waals surface area contributed by atoms with Crippen LogP contribution in [-0.4, -0.2) is 11.4 Å². The third-order valence-corrected chi connectivity index (χ3v) is 4.87. The first kappa shape index (κ1) is 13.7. The molecule has 3 heteroatoms. The summed E-state index contributed by atoms with van der Waals surface area (Å²) in [7, 11) is 0. The van der Waals surface area contributed by atoms with Crippen molar-refractivity contribution in [3.63, 3.8) is 0 Å². The van der Waals surface area contributed by atoms with Gasteiger partial charge in [0.15, 0.2) is 11.5 Å². The minimum absolute atomic E-state index is 0.320. The Hall–Kier alpha value is -2.68. The molecule has 120 valence electrons. The van der Waals surface area contributed by atoms with Gasteiger partial charge >= 0.3 is 0 Å². The smallest absolute Gasteiger partial charge is 0.231 e. The van der Waals surface area contributed by atoms with Gasteiger partial charge in [0.25, 0.3) is 0 Å². The van der Waals surface area contributed by atoms with Crippen molar-refractivity contribution in [1.82, 2.24) is 4.57 Å². The summed E-state index contributed by atoms with van der Waals surface area (Å²) in [5, 5.41) is 0. The Labute approximate surface area is 141 Å². The van der Waals surface area contributed by atoms with Crippen LogP contribution in [0.4, 0.5) is 0 Å². The topological polar surface area (TPSA) is 23.4 Å². The average molecular weight is 317 g/mol. The number of fused-ring (bicyclic) bond motifs is 1. The number of hydrogen-bond acceptors (Lipinski definition) is 2. The SMILES string of the molecule is c1cc(-c2ccc(C3CC3)cc2)n(Cc2ccc3c(c2)OCO3)c1. The van der Waals surface area contributed by atoms with Crippen LogP contribution >= 0.6 is 0 Å². The van der Waals surface area contributed by atoms with Gasteiger partial charge in [-0.1, -0.05) is 30.3 Å². The van der Waals surface area contributed by atoms with Crippen LogP contribution in [0.5, 0.6) is 11.5 Å². The number of ether oxygens (including phenoxy) is 2. The van der Waals surface area contributed by atoms with Crippen molar-refractivity contribution in [1.29, 1.82) is 0 Å². The molecule has 24 heavy (non-hydrogen) atoms. The zero-order chi connectivity index (χ0) is 15.9. The summed E-state index contributed by atoms with van der Waals surface area (Å²) in [6.45, 7) is 1.14. The Kier molecular flexibility index (Phi) is 3.12. The van der Waals surface area contributed by atoms with E-state index in [0.29, 0.717) is 6.79 Å². The molecule has 2 aromatic carbocycles. The predicted octanol–water partition coefficient (Wildman–Crippen LogP) is 4.81. The lowest BCUT2D eigenvalue weighted by molar-refractivity contribution is 0.174. The molecule has 1 aliphatic carbocycles. The standard InChI is InChI=1S/C21H19NO2/c1-2-19(18-8-6-17(7-9-18)16-4-5-16)22(11-1)13-15-3-10-20-21(12-15)24-14-23-20/h1-3,6-12,16H,4-5,13-14H2. The summed E-state index contributed by atoms with van der Waals surface area (Å²) in [4.78, 5) is 0. The fourth-order valence-corrected chi connectivity index (χ4v) is 3.39. The molecule has 1 fully saturated rings. The zero-order valence-corrected chi connectivity index (χ0v) is 13.4. The first-order chi connectivity index (χ1) is 11.9. The van der Waals surface area contributed by atoms with E-state index in [2.05, 4.69) is 59.3 Å². The van der Waals surface area contributed by atoms with E-state index in [0.717, 1.165) is 24.0 Å². The second kappa shape index (κ2) is 5.45. The van der Waals surface area contributed by atoms with E-state index in [4.69, 9.17) is 9.47 Å². The molecule has 0 saturated heterocycles. The van der Waals surface area contributed by atoms with Crippen LogP contribution in [0.25, 0.3) is 11.3 Å². The minimum Gasteiger partial charge on any atom is -0.454 e. The van der Waals surface area contributed by atoms with Gasteiger partial charge in [0.1, 0.15) is 0 Å². The fraction of sp³-hybridized carbons (Fsp3) is 0.238. The molecule has 0 radical (unpaired) electrons. The summed E-state index contributed by atoms with van der Waals surface area (Å²) in [5.41, 5.74) is 5.21. The summed E-state index contributed by atoms with van der Waals surface area (Å²) < 4.78 is 13.2. The van der Waals surface area contributed by atoms with Crippen molar-refractivity contribution in [2.24, 2.45) is 0 Å². The van der Waals surface area contributed by atoms with Crippen molar-refractivity contribution in [3.05, 3.63) is 71.9 Å². The molecule has 1 aromatic heterocycles. The molecule has 0 unspecified atom stereocenters. The Bertz CT molecular complexity index is 875. The van der Waals surface area contributed by atoms with Crippen LogP contribution in [-0.2, 0) is 6.54 Å². The highest BCUT2D eigenvalue weighted by Gasteiger charge is 2.23. The molecule has 0 amide bonds. The van der Waals surface area contributed by atoms with Crippen LogP contribution in [0.3, 0.4) is 0 Å². The lowest BCUT2D eigenvalue weighted by Crippen LogP contribution is -2.00. The fourth-order valence-electron chi connectivity index (χ4n) is 3.39. The summed E-state index contributed by atoms with van der Waals surface area (Å²) in [6, 6.07) is 19.5. The largest absolute Gasteiger partial charge is 0.454 e. The van der Waals surface area contributed by atoms with Gasteiger partial charge in [0.05, 0.1) is 0 Å². The maximum atomic E-state index is 5.48. The molecule has 1 aliphatic heterocycles. The van der Waals surface area contributed by atoms with E-state index < -0.39 is 0 Å². The number of hydrogen-bond donors (Lipinski definition) is 0.